The van der Waals surface area contributed by atoms with Crippen LogP contribution in [0.15, 0.2) is 24.3 Å². The molecular formula is C17H24N2O3. The highest BCUT2D eigenvalue weighted by Gasteiger charge is 2.22. The second kappa shape index (κ2) is 7.82. The van der Waals surface area contributed by atoms with E-state index >= 15 is 0 Å². The van der Waals surface area contributed by atoms with Crippen molar-refractivity contribution < 1.29 is 14.3 Å². The lowest BCUT2D eigenvalue weighted by molar-refractivity contribution is -0.123. The van der Waals surface area contributed by atoms with Gasteiger partial charge in [0.05, 0.1) is 12.3 Å². The summed E-state index contributed by atoms with van der Waals surface area (Å²) in [6.07, 6.45) is 4.38. The number of para-hydroxylation sites is 2. The van der Waals surface area contributed by atoms with E-state index in [-0.39, 0.29) is 24.4 Å². The van der Waals surface area contributed by atoms with E-state index in [1.807, 2.05) is 25.1 Å². The lowest BCUT2D eigenvalue weighted by Gasteiger charge is -2.24. The number of ether oxygens (including phenoxy) is 1. The maximum atomic E-state index is 12.2. The normalized spacial score (nSPS) is 14.6. The minimum Gasteiger partial charge on any atom is -0.492 e. The molecule has 5 heteroatoms. The maximum absolute atomic E-state index is 12.2. The van der Waals surface area contributed by atoms with Crippen molar-refractivity contribution in [1.29, 1.82) is 0 Å². The Balaban J connectivity index is 2.09. The molecule has 22 heavy (non-hydrogen) atoms. The van der Waals surface area contributed by atoms with E-state index in [0.29, 0.717) is 18.0 Å². The minimum absolute atomic E-state index is 0.0237. The summed E-state index contributed by atoms with van der Waals surface area (Å²) >= 11 is 0. The molecule has 0 radical (unpaired) electrons. The van der Waals surface area contributed by atoms with Gasteiger partial charge in [0.15, 0.2) is 0 Å². The summed E-state index contributed by atoms with van der Waals surface area (Å²) < 4.78 is 5.56. The molecular weight excluding hydrogens is 280 g/mol. The van der Waals surface area contributed by atoms with Crippen LogP contribution in [0.3, 0.4) is 0 Å². The first kappa shape index (κ1) is 16.3. The molecule has 1 saturated carbocycles. The van der Waals surface area contributed by atoms with Gasteiger partial charge in [0, 0.05) is 13.0 Å². The van der Waals surface area contributed by atoms with Gasteiger partial charge in [0.1, 0.15) is 12.3 Å². The lowest BCUT2D eigenvalue weighted by atomic mass is 10.2. The van der Waals surface area contributed by atoms with E-state index in [0.717, 1.165) is 25.7 Å². The Labute approximate surface area is 131 Å². The monoisotopic (exact) mass is 304 g/mol. The number of rotatable bonds is 6. The van der Waals surface area contributed by atoms with Gasteiger partial charge in [0.2, 0.25) is 11.8 Å². The van der Waals surface area contributed by atoms with Gasteiger partial charge < -0.3 is 10.1 Å². The molecule has 1 aromatic rings. The van der Waals surface area contributed by atoms with E-state index in [9.17, 15) is 9.59 Å². The molecule has 0 spiro atoms. The molecule has 1 aliphatic rings. The van der Waals surface area contributed by atoms with Crippen LogP contribution in [-0.4, -0.2) is 31.0 Å². The summed E-state index contributed by atoms with van der Waals surface area (Å²) in [6.45, 7) is 3.89. The Morgan fingerprint density at radius 1 is 1.27 bits per heavy atom. The van der Waals surface area contributed by atoms with Crippen molar-refractivity contribution in [2.24, 2.45) is 0 Å². The average molecular weight is 304 g/mol. The third kappa shape index (κ3) is 4.23. The second-order valence-electron chi connectivity index (χ2n) is 5.55. The van der Waals surface area contributed by atoms with E-state index < -0.39 is 0 Å². The topological polar surface area (TPSA) is 58.6 Å². The fourth-order valence-electron chi connectivity index (χ4n) is 2.81. The Hall–Kier alpha value is -2.04. The van der Waals surface area contributed by atoms with Crippen LogP contribution in [0.25, 0.3) is 0 Å². The van der Waals surface area contributed by atoms with Gasteiger partial charge in [-0.05, 0) is 31.9 Å². The molecule has 1 fully saturated rings. The zero-order chi connectivity index (χ0) is 15.9. The van der Waals surface area contributed by atoms with E-state index in [1.165, 1.54) is 11.8 Å². The maximum Gasteiger partial charge on any atom is 0.240 e. The lowest BCUT2D eigenvalue weighted by Crippen LogP contribution is -2.43. The van der Waals surface area contributed by atoms with Gasteiger partial charge >= 0.3 is 0 Å². The quantitative estimate of drug-likeness (QED) is 0.878. The predicted molar refractivity (Wildman–Crippen MR) is 86.0 cm³/mol. The summed E-state index contributed by atoms with van der Waals surface area (Å²) in [6, 6.07) is 7.55. The van der Waals surface area contributed by atoms with Crippen LogP contribution in [0.5, 0.6) is 5.75 Å². The Bertz CT molecular complexity index is 524. The number of anilines is 1. The molecule has 0 bridgehead atoms. The van der Waals surface area contributed by atoms with Gasteiger partial charge in [0.25, 0.3) is 0 Å². The summed E-state index contributed by atoms with van der Waals surface area (Å²) in [5.74, 6) is 0.330. The van der Waals surface area contributed by atoms with Crippen LogP contribution >= 0.6 is 0 Å². The van der Waals surface area contributed by atoms with Crippen molar-refractivity contribution in [3.8, 4) is 5.75 Å². The standard InChI is InChI=1S/C17H24N2O3/c1-3-22-16-11-7-6-10-15(16)19(13(2)20)12-17(21)18-14-8-4-5-9-14/h6-7,10-11,14H,3-5,8-9,12H2,1-2H3,(H,18,21). The number of carbonyl (C=O) groups is 2. The van der Waals surface area contributed by atoms with Crippen molar-refractivity contribution in [2.75, 3.05) is 18.1 Å². The van der Waals surface area contributed by atoms with Gasteiger partial charge in [-0.1, -0.05) is 25.0 Å². The number of carbonyl (C=O) groups excluding carboxylic acids is 2. The van der Waals surface area contributed by atoms with Crippen LogP contribution in [0, 0.1) is 0 Å². The van der Waals surface area contributed by atoms with Crippen molar-refractivity contribution >= 4 is 17.5 Å². The SMILES string of the molecule is CCOc1ccccc1N(CC(=O)NC1CCCC1)C(C)=O. The second-order valence-corrected chi connectivity index (χ2v) is 5.55. The van der Waals surface area contributed by atoms with Gasteiger partial charge in [-0.3, -0.25) is 14.5 Å². The number of nitrogens with one attached hydrogen (secondary N) is 1. The van der Waals surface area contributed by atoms with Crippen LogP contribution in [0.4, 0.5) is 5.69 Å². The summed E-state index contributed by atoms with van der Waals surface area (Å²) in [4.78, 5) is 25.6. The zero-order valence-corrected chi connectivity index (χ0v) is 13.3. The largest absolute Gasteiger partial charge is 0.492 e. The number of hydrogen-bond acceptors (Lipinski definition) is 3. The molecule has 0 heterocycles. The fraction of sp³-hybridized carbons (Fsp3) is 0.529. The molecule has 0 atom stereocenters. The van der Waals surface area contributed by atoms with E-state index in [4.69, 9.17) is 4.74 Å². The first-order valence-electron chi connectivity index (χ1n) is 7.91. The molecule has 0 aromatic heterocycles. The summed E-state index contributed by atoms with van der Waals surface area (Å²) in [7, 11) is 0. The first-order chi connectivity index (χ1) is 10.6. The Kier molecular flexibility index (Phi) is 5.81. The first-order valence-corrected chi connectivity index (χ1v) is 7.91. The zero-order valence-electron chi connectivity index (χ0n) is 13.3. The van der Waals surface area contributed by atoms with Crippen LogP contribution in [0.2, 0.25) is 0 Å². The number of amides is 2. The Morgan fingerprint density at radius 2 is 1.95 bits per heavy atom. The third-order valence-corrected chi connectivity index (χ3v) is 3.86. The van der Waals surface area contributed by atoms with Crippen molar-refractivity contribution in [1.82, 2.24) is 5.32 Å². The van der Waals surface area contributed by atoms with E-state index in [2.05, 4.69) is 5.32 Å². The molecule has 0 aliphatic heterocycles. The summed E-state index contributed by atoms with van der Waals surface area (Å²) in [5, 5.41) is 3.01. The fourth-order valence-corrected chi connectivity index (χ4v) is 2.81. The predicted octanol–water partition coefficient (Wildman–Crippen LogP) is 2.50. The third-order valence-electron chi connectivity index (χ3n) is 3.86. The molecule has 2 amide bonds. The highest BCUT2D eigenvalue weighted by molar-refractivity contribution is 5.98. The smallest absolute Gasteiger partial charge is 0.240 e. The van der Waals surface area contributed by atoms with Crippen LogP contribution in [-0.2, 0) is 9.59 Å². The van der Waals surface area contributed by atoms with Gasteiger partial charge in [-0.25, -0.2) is 0 Å². The van der Waals surface area contributed by atoms with Gasteiger partial charge in [-0.2, -0.15) is 0 Å². The van der Waals surface area contributed by atoms with Crippen molar-refractivity contribution in [3.63, 3.8) is 0 Å². The van der Waals surface area contributed by atoms with Crippen LogP contribution < -0.4 is 15.0 Å². The number of nitrogens with zero attached hydrogens (tertiary/aromatic N) is 1. The number of benzene rings is 1. The molecule has 1 N–H and O–H groups in total. The highest BCUT2D eigenvalue weighted by Crippen LogP contribution is 2.28. The van der Waals surface area contributed by atoms with Crippen molar-refractivity contribution in [2.45, 2.75) is 45.6 Å². The molecule has 1 aromatic carbocycles. The average Bonchev–Trinajstić information content (AvgIpc) is 2.98. The number of hydrogen-bond donors (Lipinski definition) is 1. The highest BCUT2D eigenvalue weighted by atomic mass is 16.5. The molecule has 0 saturated heterocycles. The molecule has 5 nitrogen and oxygen atoms in total. The Morgan fingerprint density at radius 3 is 2.59 bits per heavy atom. The minimum atomic E-state index is -0.172. The molecule has 0 unspecified atom stereocenters. The molecule has 1 aliphatic carbocycles. The molecule has 2 rings (SSSR count). The van der Waals surface area contributed by atoms with Gasteiger partial charge in [-0.15, -0.1) is 0 Å². The van der Waals surface area contributed by atoms with Crippen LogP contribution in [0.1, 0.15) is 39.5 Å². The summed E-state index contributed by atoms with van der Waals surface area (Å²) in [5.41, 5.74) is 0.637. The van der Waals surface area contributed by atoms with E-state index in [1.54, 1.807) is 6.07 Å². The van der Waals surface area contributed by atoms with Crippen molar-refractivity contribution in [3.05, 3.63) is 24.3 Å². The molecule has 120 valence electrons.